The molecular formula is C23H17Cl2N3O5S3. The second-order valence-electron chi connectivity index (χ2n) is 7.29. The number of thiazole rings is 1. The highest BCUT2D eigenvalue weighted by Crippen LogP contribution is 2.30. The van der Waals surface area contributed by atoms with Crippen LogP contribution in [0, 0.1) is 0 Å². The summed E-state index contributed by atoms with van der Waals surface area (Å²) in [6.45, 7) is 1.40. The number of sulfonamides is 1. The van der Waals surface area contributed by atoms with Crippen LogP contribution in [-0.4, -0.2) is 31.4 Å². The Kier molecular flexibility index (Phi) is 7.96. The Morgan fingerprint density at radius 3 is 2.53 bits per heavy atom. The molecule has 0 unspecified atom stereocenters. The highest BCUT2D eigenvalue weighted by Gasteiger charge is 2.24. The molecule has 2 aromatic heterocycles. The Hall–Kier alpha value is -2.96. The lowest BCUT2D eigenvalue weighted by atomic mass is 10.2. The number of ether oxygens (including phenoxy) is 1. The highest BCUT2D eigenvalue weighted by molar-refractivity contribution is 7.94. The monoisotopic (exact) mass is 581 g/mol. The van der Waals surface area contributed by atoms with Gasteiger partial charge in [0.15, 0.2) is 11.2 Å². The molecule has 2 N–H and O–H groups in total. The van der Waals surface area contributed by atoms with Gasteiger partial charge in [-0.2, -0.15) is 0 Å². The average molecular weight is 583 g/mol. The standard InChI is InChI=1S/C23H17Cl2N3O5S3/c1-13(21(29)27-23-26-19(12-35-23)14-8-9-16(24)17(25)11-14)33-22(30)15-5-2-3-6-18(15)28-36(31,32)20-7-4-10-34-20/h2-13,28H,1H3,(H,26,27,29)/t13-/m0/s1. The topological polar surface area (TPSA) is 114 Å². The number of carbonyl (C=O) groups excluding carboxylic acids is 2. The van der Waals surface area contributed by atoms with E-state index in [9.17, 15) is 18.0 Å². The van der Waals surface area contributed by atoms with Crippen LogP contribution in [0.3, 0.4) is 0 Å². The fourth-order valence-electron chi connectivity index (χ4n) is 2.97. The van der Waals surface area contributed by atoms with E-state index < -0.39 is 28.0 Å². The van der Waals surface area contributed by atoms with Crippen molar-refractivity contribution in [3.63, 3.8) is 0 Å². The zero-order valence-corrected chi connectivity index (χ0v) is 22.4. The van der Waals surface area contributed by atoms with Crippen molar-refractivity contribution in [2.75, 3.05) is 10.0 Å². The summed E-state index contributed by atoms with van der Waals surface area (Å²) in [5, 5.41) is 7.07. The van der Waals surface area contributed by atoms with Gasteiger partial charge in [-0.15, -0.1) is 22.7 Å². The molecule has 4 aromatic rings. The Morgan fingerprint density at radius 2 is 1.81 bits per heavy atom. The highest BCUT2D eigenvalue weighted by atomic mass is 35.5. The van der Waals surface area contributed by atoms with Gasteiger partial charge in [0.25, 0.3) is 15.9 Å². The number of para-hydroxylation sites is 1. The molecule has 0 bridgehead atoms. The Balaban J connectivity index is 1.42. The SMILES string of the molecule is C[C@H](OC(=O)c1ccccc1NS(=O)(=O)c1cccs1)C(=O)Nc1nc(-c2ccc(Cl)c(Cl)c2)cs1. The maximum Gasteiger partial charge on any atom is 0.341 e. The third kappa shape index (κ3) is 6.05. The number of carbonyl (C=O) groups is 2. The van der Waals surface area contributed by atoms with Crippen molar-refractivity contribution in [3.8, 4) is 11.3 Å². The lowest BCUT2D eigenvalue weighted by Gasteiger charge is -2.15. The van der Waals surface area contributed by atoms with E-state index in [1.165, 1.54) is 36.5 Å². The number of benzene rings is 2. The smallest absolute Gasteiger partial charge is 0.341 e. The first kappa shape index (κ1) is 26.1. The average Bonchev–Trinajstić information content (AvgIpc) is 3.54. The molecule has 0 aliphatic rings. The van der Waals surface area contributed by atoms with Crippen LogP contribution in [0.2, 0.25) is 10.0 Å². The Labute approximate surface area is 224 Å². The van der Waals surface area contributed by atoms with Crippen molar-refractivity contribution in [1.82, 2.24) is 4.98 Å². The number of thiophene rings is 1. The van der Waals surface area contributed by atoms with Gasteiger partial charge in [-0.3, -0.25) is 14.8 Å². The van der Waals surface area contributed by atoms with Crippen LogP contribution in [0.5, 0.6) is 0 Å². The molecule has 4 rings (SSSR count). The number of esters is 1. The molecule has 36 heavy (non-hydrogen) atoms. The summed E-state index contributed by atoms with van der Waals surface area (Å²) in [5.41, 5.74) is 1.32. The van der Waals surface area contributed by atoms with E-state index in [4.69, 9.17) is 27.9 Å². The number of hydrogen-bond donors (Lipinski definition) is 2. The third-order valence-corrected chi connectivity index (χ3v) is 9.01. The summed E-state index contributed by atoms with van der Waals surface area (Å²) in [6.07, 6.45) is -1.18. The molecule has 186 valence electrons. The maximum absolute atomic E-state index is 12.8. The lowest BCUT2D eigenvalue weighted by Crippen LogP contribution is -2.30. The van der Waals surface area contributed by atoms with Crippen molar-refractivity contribution >= 4 is 78.6 Å². The third-order valence-electron chi connectivity index (χ3n) is 4.75. The van der Waals surface area contributed by atoms with Crippen molar-refractivity contribution in [2.24, 2.45) is 0 Å². The van der Waals surface area contributed by atoms with Gasteiger partial charge >= 0.3 is 5.97 Å². The lowest BCUT2D eigenvalue weighted by molar-refractivity contribution is -0.123. The quantitative estimate of drug-likeness (QED) is 0.241. The fraction of sp³-hybridized carbons (Fsp3) is 0.0870. The Morgan fingerprint density at radius 1 is 1.03 bits per heavy atom. The maximum atomic E-state index is 12.8. The van der Waals surface area contributed by atoms with Gasteiger partial charge < -0.3 is 4.74 Å². The molecule has 2 aromatic carbocycles. The summed E-state index contributed by atoms with van der Waals surface area (Å²) < 4.78 is 32.9. The molecule has 8 nitrogen and oxygen atoms in total. The zero-order valence-electron chi connectivity index (χ0n) is 18.4. The van der Waals surface area contributed by atoms with Crippen molar-refractivity contribution in [1.29, 1.82) is 0 Å². The second kappa shape index (κ2) is 11.0. The van der Waals surface area contributed by atoms with Crippen LogP contribution in [-0.2, 0) is 19.6 Å². The van der Waals surface area contributed by atoms with Crippen molar-refractivity contribution in [3.05, 3.63) is 81.0 Å². The molecule has 1 amide bonds. The van der Waals surface area contributed by atoms with Gasteiger partial charge in [0.2, 0.25) is 0 Å². The number of anilines is 2. The molecule has 0 saturated heterocycles. The first-order valence-corrected chi connectivity index (χ1v) is 14.2. The van der Waals surface area contributed by atoms with E-state index in [0.717, 1.165) is 16.9 Å². The summed E-state index contributed by atoms with van der Waals surface area (Å²) in [5.74, 6) is -1.47. The van der Waals surface area contributed by atoms with Crippen LogP contribution in [0.1, 0.15) is 17.3 Å². The van der Waals surface area contributed by atoms with Crippen molar-refractivity contribution in [2.45, 2.75) is 17.2 Å². The van der Waals surface area contributed by atoms with E-state index in [0.29, 0.717) is 20.9 Å². The number of nitrogens with one attached hydrogen (secondary N) is 2. The van der Waals surface area contributed by atoms with E-state index in [1.54, 1.807) is 47.2 Å². The Bertz CT molecular complexity index is 1520. The van der Waals surface area contributed by atoms with Gasteiger partial charge in [0.1, 0.15) is 4.21 Å². The van der Waals surface area contributed by atoms with Gasteiger partial charge in [0.05, 0.1) is 27.0 Å². The first-order chi connectivity index (χ1) is 17.1. The molecule has 0 saturated carbocycles. The number of nitrogens with zero attached hydrogens (tertiary/aromatic N) is 1. The molecule has 1 atom stereocenters. The molecule has 0 radical (unpaired) electrons. The molecular weight excluding hydrogens is 565 g/mol. The van der Waals surface area contributed by atoms with E-state index >= 15 is 0 Å². The number of halogens is 2. The number of amides is 1. The molecule has 0 aliphatic heterocycles. The summed E-state index contributed by atoms with van der Waals surface area (Å²) in [7, 11) is -3.88. The molecule has 0 aliphatic carbocycles. The number of rotatable bonds is 8. The van der Waals surface area contributed by atoms with E-state index in [-0.39, 0.29) is 15.5 Å². The van der Waals surface area contributed by atoms with Crippen LogP contribution < -0.4 is 10.0 Å². The van der Waals surface area contributed by atoms with Crippen LogP contribution in [0.15, 0.2) is 69.6 Å². The minimum Gasteiger partial charge on any atom is -0.449 e. The molecule has 0 spiro atoms. The van der Waals surface area contributed by atoms with Crippen LogP contribution in [0.4, 0.5) is 10.8 Å². The van der Waals surface area contributed by atoms with Crippen LogP contribution in [0.25, 0.3) is 11.3 Å². The summed E-state index contributed by atoms with van der Waals surface area (Å²) in [4.78, 5) is 29.8. The minimum absolute atomic E-state index is 0.0339. The van der Waals surface area contributed by atoms with E-state index in [1.807, 2.05) is 0 Å². The molecule has 13 heteroatoms. The van der Waals surface area contributed by atoms with Gasteiger partial charge in [-0.05, 0) is 42.6 Å². The van der Waals surface area contributed by atoms with Crippen molar-refractivity contribution < 1.29 is 22.7 Å². The van der Waals surface area contributed by atoms with Gasteiger partial charge in [0, 0.05) is 10.9 Å². The largest absolute Gasteiger partial charge is 0.449 e. The summed E-state index contributed by atoms with van der Waals surface area (Å²) >= 11 is 14.2. The molecule has 2 heterocycles. The zero-order chi connectivity index (χ0) is 25.9. The van der Waals surface area contributed by atoms with Gasteiger partial charge in [-0.1, -0.05) is 47.5 Å². The number of hydrogen-bond acceptors (Lipinski definition) is 8. The minimum atomic E-state index is -3.88. The summed E-state index contributed by atoms with van der Waals surface area (Å²) in [6, 6.07) is 14.1. The predicted molar refractivity (Wildman–Crippen MR) is 143 cm³/mol. The van der Waals surface area contributed by atoms with E-state index in [2.05, 4.69) is 15.0 Å². The number of aromatic nitrogens is 1. The second-order valence-corrected chi connectivity index (χ2v) is 11.8. The fourth-order valence-corrected chi connectivity index (χ4v) is 6.06. The molecule has 0 fully saturated rings. The van der Waals surface area contributed by atoms with Crippen LogP contribution >= 0.6 is 45.9 Å². The van der Waals surface area contributed by atoms with Gasteiger partial charge in [-0.25, -0.2) is 18.2 Å². The predicted octanol–water partition coefficient (Wildman–Crippen LogP) is 6.16. The normalized spacial score (nSPS) is 12.1. The first-order valence-electron chi connectivity index (χ1n) is 10.2.